The predicted molar refractivity (Wildman–Crippen MR) is 90.4 cm³/mol. The Bertz CT molecular complexity index is 767. The van der Waals surface area contributed by atoms with Gasteiger partial charge in [0, 0.05) is 7.05 Å². The van der Waals surface area contributed by atoms with Crippen LogP contribution >= 0.6 is 0 Å². The Morgan fingerprint density at radius 1 is 1.26 bits per heavy atom. The van der Waals surface area contributed by atoms with E-state index in [-0.39, 0.29) is 17.0 Å². The summed E-state index contributed by atoms with van der Waals surface area (Å²) < 4.78 is 26.3. The van der Waals surface area contributed by atoms with Crippen molar-refractivity contribution in [3.63, 3.8) is 0 Å². The lowest BCUT2D eigenvalue weighted by Crippen LogP contribution is -2.17. The third-order valence-electron chi connectivity index (χ3n) is 3.50. The average molecular weight is 334 g/mol. The summed E-state index contributed by atoms with van der Waals surface area (Å²) in [5.41, 5.74) is 6.96. The highest BCUT2D eigenvalue weighted by Gasteiger charge is 2.23. The van der Waals surface area contributed by atoms with Gasteiger partial charge in [0.25, 0.3) is 0 Å². The smallest absolute Gasteiger partial charge is 0.249 e. The van der Waals surface area contributed by atoms with Crippen LogP contribution in [0.15, 0.2) is 41.6 Å². The molecule has 7 heteroatoms. The van der Waals surface area contributed by atoms with Gasteiger partial charge in [0.05, 0.1) is 11.8 Å². The van der Waals surface area contributed by atoms with Gasteiger partial charge in [-0.15, -0.1) is 10.2 Å². The molecule has 2 aromatic rings. The molecule has 6 nitrogen and oxygen atoms in total. The molecule has 0 aliphatic carbocycles. The number of hydrogen-bond acceptors (Lipinski definition) is 5. The molecule has 1 heterocycles. The van der Waals surface area contributed by atoms with Crippen molar-refractivity contribution in [3.05, 3.63) is 47.8 Å². The first-order chi connectivity index (χ1) is 11.0. The topological polar surface area (TPSA) is 90.9 Å². The number of aromatic nitrogens is 3. The fourth-order valence-corrected chi connectivity index (χ4v) is 3.48. The zero-order valence-electron chi connectivity index (χ0n) is 13.4. The van der Waals surface area contributed by atoms with Crippen LogP contribution in [-0.2, 0) is 16.9 Å². The first kappa shape index (κ1) is 17.4. The van der Waals surface area contributed by atoms with E-state index in [2.05, 4.69) is 10.2 Å². The van der Waals surface area contributed by atoms with Gasteiger partial charge in [-0.2, -0.15) is 0 Å². The van der Waals surface area contributed by atoms with Crippen LogP contribution in [0.5, 0.6) is 0 Å². The van der Waals surface area contributed by atoms with Gasteiger partial charge in [0.2, 0.25) is 15.0 Å². The minimum atomic E-state index is -3.54. The lowest BCUT2D eigenvalue weighted by atomic mass is 10.2. The van der Waals surface area contributed by atoms with Gasteiger partial charge in [-0.05, 0) is 12.0 Å². The highest BCUT2D eigenvalue weighted by atomic mass is 32.2. The Kier molecular flexibility index (Phi) is 5.68. The SMILES string of the molecule is CCCC(N)c1nnc(S(=O)(=O)CC=Cc2ccccc2)n1C. The number of benzene rings is 1. The molecule has 23 heavy (non-hydrogen) atoms. The van der Waals surface area contributed by atoms with E-state index in [9.17, 15) is 8.42 Å². The van der Waals surface area contributed by atoms with Gasteiger partial charge in [-0.1, -0.05) is 55.8 Å². The van der Waals surface area contributed by atoms with Crippen molar-refractivity contribution in [3.8, 4) is 0 Å². The quantitative estimate of drug-likeness (QED) is 0.837. The van der Waals surface area contributed by atoms with Crippen molar-refractivity contribution in [1.29, 1.82) is 0 Å². The van der Waals surface area contributed by atoms with Crippen molar-refractivity contribution < 1.29 is 8.42 Å². The molecule has 0 fully saturated rings. The number of nitrogens with zero attached hydrogens (tertiary/aromatic N) is 3. The third kappa shape index (κ3) is 4.27. The monoisotopic (exact) mass is 334 g/mol. The van der Waals surface area contributed by atoms with Gasteiger partial charge in [-0.25, -0.2) is 8.42 Å². The Balaban J connectivity index is 2.15. The lowest BCUT2D eigenvalue weighted by molar-refractivity contribution is 0.556. The normalized spacial score (nSPS) is 13.5. The van der Waals surface area contributed by atoms with Crippen molar-refractivity contribution in [2.24, 2.45) is 12.8 Å². The van der Waals surface area contributed by atoms with Crippen molar-refractivity contribution in [1.82, 2.24) is 14.8 Å². The van der Waals surface area contributed by atoms with Crippen LogP contribution in [-0.4, -0.2) is 28.9 Å². The Morgan fingerprint density at radius 2 is 1.96 bits per heavy atom. The van der Waals surface area contributed by atoms with E-state index in [1.54, 1.807) is 19.2 Å². The molecule has 1 aromatic carbocycles. The van der Waals surface area contributed by atoms with Gasteiger partial charge < -0.3 is 10.3 Å². The molecular formula is C16H22N4O2S. The van der Waals surface area contributed by atoms with Gasteiger partial charge in [-0.3, -0.25) is 0 Å². The maximum atomic E-state index is 12.4. The lowest BCUT2D eigenvalue weighted by Gasteiger charge is -2.09. The Labute approximate surface area is 137 Å². The highest BCUT2D eigenvalue weighted by molar-refractivity contribution is 7.91. The summed E-state index contributed by atoms with van der Waals surface area (Å²) in [5, 5.41) is 7.73. The van der Waals surface area contributed by atoms with Crippen LogP contribution in [0.1, 0.15) is 37.2 Å². The van der Waals surface area contributed by atoms with Crippen LogP contribution in [0.3, 0.4) is 0 Å². The van der Waals surface area contributed by atoms with E-state index in [1.165, 1.54) is 4.57 Å². The molecule has 0 saturated carbocycles. The molecule has 0 saturated heterocycles. The van der Waals surface area contributed by atoms with Crippen molar-refractivity contribution in [2.75, 3.05) is 5.75 Å². The maximum absolute atomic E-state index is 12.4. The minimum absolute atomic E-state index is 0.0447. The molecule has 2 N–H and O–H groups in total. The van der Waals surface area contributed by atoms with Crippen LogP contribution in [0.25, 0.3) is 6.08 Å². The number of nitrogens with two attached hydrogens (primary N) is 1. The van der Waals surface area contributed by atoms with E-state index in [0.717, 1.165) is 18.4 Å². The van der Waals surface area contributed by atoms with Crippen LogP contribution in [0.4, 0.5) is 0 Å². The maximum Gasteiger partial charge on any atom is 0.249 e. The number of hydrogen-bond donors (Lipinski definition) is 1. The summed E-state index contributed by atoms with van der Waals surface area (Å²) in [5.74, 6) is 0.370. The van der Waals surface area contributed by atoms with Crippen LogP contribution in [0.2, 0.25) is 0 Å². The van der Waals surface area contributed by atoms with Crippen LogP contribution in [0, 0.1) is 0 Å². The molecule has 0 aliphatic heterocycles. The molecule has 1 aromatic heterocycles. The molecule has 0 bridgehead atoms. The summed E-state index contributed by atoms with van der Waals surface area (Å²) in [7, 11) is -1.90. The molecule has 124 valence electrons. The largest absolute Gasteiger partial charge is 0.321 e. The summed E-state index contributed by atoms with van der Waals surface area (Å²) in [4.78, 5) is 0. The standard InChI is InChI=1S/C16H22N4O2S/c1-3-8-14(17)15-18-19-16(20(15)2)23(21,22)12-7-11-13-9-5-4-6-10-13/h4-7,9-11,14H,3,8,12,17H2,1-2H3. The molecule has 0 spiro atoms. The summed E-state index contributed by atoms with van der Waals surface area (Å²) in [6.45, 7) is 2.02. The highest BCUT2D eigenvalue weighted by Crippen LogP contribution is 2.17. The Morgan fingerprint density at radius 3 is 2.61 bits per heavy atom. The van der Waals surface area contributed by atoms with Crippen molar-refractivity contribution >= 4 is 15.9 Å². The Hall–Kier alpha value is -1.99. The molecule has 0 aliphatic rings. The second-order valence-electron chi connectivity index (χ2n) is 5.39. The van der Waals surface area contributed by atoms with E-state index in [1.807, 2.05) is 37.3 Å². The molecule has 2 rings (SSSR count). The molecule has 1 unspecified atom stereocenters. The molecule has 0 amide bonds. The van der Waals surface area contributed by atoms with Gasteiger partial charge in [0.1, 0.15) is 0 Å². The zero-order chi connectivity index (χ0) is 16.9. The summed E-state index contributed by atoms with van der Waals surface area (Å²) >= 11 is 0. The third-order valence-corrected chi connectivity index (χ3v) is 5.05. The van der Waals surface area contributed by atoms with E-state index in [4.69, 9.17) is 5.73 Å². The summed E-state index contributed by atoms with van der Waals surface area (Å²) in [6, 6.07) is 9.23. The number of sulfone groups is 1. The number of rotatable bonds is 7. The zero-order valence-corrected chi connectivity index (χ0v) is 14.2. The van der Waals surface area contributed by atoms with E-state index >= 15 is 0 Å². The first-order valence-electron chi connectivity index (χ1n) is 7.55. The van der Waals surface area contributed by atoms with Crippen LogP contribution < -0.4 is 5.73 Å². The van der Waals surface area contributed by atoms with E-state index < -0.39 is 9.84 Å². The molecule has 0 radical (unpaired) electrons. The fourth-order valence-electron chi connectivity index (χ4n) is 2.31. The van der Waals surface area contributed by atoms with Gasteiger partial charge in [0.15, 0.2) is 5.82 Å². The predicted octanol–water partition coefficient (Wildman–Crippen LogP) is 2.10. The molecule has 1 atom stereocenters. The average Bonchev–Trinajstić information content (AvgIpc) is 2.91. The second kappa shape index (κ2) is 7.52. The van der Waals surface area contributed by atoms with Crippen molar-refractivity contribution in [2.45, 2.75) is 31.0 Å². The molecular weight excluding hydrogens is 312 g/mol. The first-order valence-corrected chi connectivity index (χ1v) is 9.20. The van der Waals surface area contributed by atoms with Gasteiger partial charge >= 0.3 is 0 Å². The van der Waals surface area contributed by atoms with E-state index in [0.29, 0.717) is 5.82 Å². The fraction of sp³-hybridized carbons (Fsp3) is 0.375. The second-order valence-corrected chi connectivity index (χ2v) is 7.32. The summed E-state index contributed by atoms with van der Waals surface area (Å²) in [6.07, 6.45) is 5.03. The minimum Gasteiger partial charge on any atom is -0.321 e.